The van der Waals surface area contributed by atoms with Gasteiger partial charge in [0.25, 0.3) is 0 Å². The number of aliphatic carboxylic acids is 1. The number of hydrogen-bond donors (Lipinski definition) is 2. The molecular formula is C16H14N2O5S2. The molecule has 0 aliphatic heterocycles. The smallest absolute Gasteiger partial charge is 0.341 e. The summed E-state index contributed by atoms with van der Waals surface area (Å²) >= 11 is 1.54. The fourth-order valence-electron chi connectivity index (χ4n) is 2.11. The number of aromatic nitrogens is 1. The average molecular weight is 378 g/mol. The summed E-state index contributed by atoms with van der Waals surface area (Å²) in [4.78, 5) is 14.8. The average Bonchev–Trinajstić information content (AvgIpc) is 3.06. The summed E-state index contributed by atoms with van der Waals surface area (Å²) in [5, 5.41) is 10.5. The normalized spacial score (nSPS) is 11.5. The number of fused-ring (bicyclic) bond motifs is 1. The van der Waals surface area contributed by atoms with Crippen molar-refractivity contribution in [2.75, 3.05) is 6.61 Å². The van der Waals surface area contributed by atoms with Crippen LogP contribution in [0.5, 0.6) is 5.75 Å². The maximum atomic E-state index is 12.3. The maximum Gasteiger partial charge on any atom is 0.341 e. The van der Waals surface area contributed by atoms with E-state index in [-0.39, 0.29) is 17.2 Å². The van der Waals surface area contributed by atoms with E-state index in [1.54, 1.807) is 17.5 Å². The van der Waals surface area contributed by atoms with Crippen LogP contribution in [0.3, 0.4) is 0 Å². The monoisotopic (exact) mass is 378 g/mol. The number of thiophene rings is 1. The van der Waals surface area contributed by atoms with Gasteiger partial charge in [0.1, 0.15) is 5.75 Å². The molecule has 3 aromatic rings. The number of carboxylic acid groups (broad SMARTS) is 1. The third kappa shape index (κ3) is 4.32. The number of carbonyl (C=O) groups is 1. The molecule has 0 aliphatic rings. The van der Waals surface area contributed by atoms with Gasteiger partial charge < -0.3 is 9.84 Å². The molecule has 7 nitrogen and oxygen atoms in total. The van der Waals surface area contributed by atoms with Crippen molar-refractivity contribution in [1.29, 1.82) is 0 Å². The summed E-state index contributed by atoms with van der Waals surface area (Å²) in [6.07, 6.45) is 1.64. The number of sulfonamides is 1. The number of nitrogens with one attached hydrogen (secondary N) is 1. The van der Waals surface area contributed by atoms with Crippen molar-refractivity contribution < 1.29 is 23.1 Å². The summed E-state index contributed by atoms with van der Waals surface area (Å²) in [6, 6.07) is 9.36. The number of ether oxygens (including phenoxy) is 1. The standard InChI is InChI=1S/C16H14N2O5S2/c19-16(20)10-23-12-1-3-13(4-2-12)25(21,22)18-9-11-7-15-14(17-8-11)5-6-24-15/h1-8,18H,9-10H2,(H,19,20). The van der Waals surface area contributed by atoms with E-state index < -0.39 is 22.6 Å². The van der Waals surface area contributed by atoms with Crippen molar-refractivity contribution in [3.8, 4) is 5.75 Å². The van der Waals surface area contributed by atoms with E-state index in [1.165, 1.54) is 24.3 Å². The molecule has 0 radical (unpaired) electrons. The van der Waals surface area contributed by atoms with Crippen molar-refractivity contribution in [1.82, 2.24) is 9.71 Å². The summed E-state index contributed by atoms with van der Waals surface area (Å²) in [5.41, 5.74) is 1.65. The lowest BCUT2D eigenvalue weighted by Gasteiger charge is -2.08. The molecule has 3 rings (SSSR count). The molecule has 9 heteroatoms. The Morgan fingerprint density at radius 1 is 1.24 bits per heavy atom. The van der Waals surface area contributed by atoms with Gasteiger partial charge in [-0.1, -0.05) is 0 Å². The minimum absolute atomic E-state index is 0.0698. The lowest BCUT2D eigenvalue weighted by atomic mass is 10.3. The molecule has 0 bridgehead atoms. The predicted octanol–water partition coefficient (Wildman–Crippen LogP) is 2.24. The first-order chi connectivity index (χ1) is 11.9. The molecule has 0 spiro atoms. The third-order valence-corrected chi connectivity index (χ3v) is 5.59. The SMILES string of the molecule is O=C(O)COc1ccc(S(=O)(=O)NCc2cnc3ccsc3c2)cc1. The Balaban J connectivity index is 1.67. The Kier molecular flexibility index (Phi) is 4.98. The van der Waals surface area contributed by atoms with Gasteiger partial charge in [-0.25, -0.2) is 17.9 Å². The molecule has 0 aliphatic carbocycles. The first-order valence-corrected chi connectivity index (χ1v) is 9.57. The fraction of sp³-hybridized carbons (Fsp3) is 0.125. The lowest BCUT2D eigenvalue weighted by molar-refractivity contribution is -0.139. The zero-order valence-corrected chi connectivity index (χ0v) is 14.5. The van der Waals surface area contributed by atoms with Crippen LogP contribution in [-0.4, -0.2) is 31.1 Å². The summed E-state index contributed by atoms with van der Waals surface area (Å²) in [5.74, 6) is -0.816. The summed E-state index contributed by atoms with van der Waals surface area (Å²) in [7, 11) is -3.69. The number of hydrogen-bond acceptors (Lipinski definition) is 6. The molecule has 130 valence electrons. The molecule has 25 heavy (non-hydrogen) atoms. The maximum absolute atomic E-state index is 12.3. The highest BCUT2D eigenvalue weighted by Crippen LogP contribution is 2.20. The van der Waals surface area contributed by atoms with Crippen LogP contribution < -0.4 is 9.46 Å². The zero-order chi connectivity index (χ0) is 17.9. The van der Waals surface area contributed by atoms with E-state index in [0.29, 0.717) is 0 Å². The Labute approximate surface area is 148 Å². The summed E-state index contributed by atoms with van der Waals surface area (Å²) < 4.78 is 33.2. The van der Waals surface area contributed by atoms with Gasteiger partial charge in [-0.2, -0.15) is 0 Å². The molecular weight excluding hydrogens is 364 g/mol. The fourth-order valence-corrected chi connectivity index (χ4v) is 3.93. The second kappa shape index (κ2) is 7.18. The van der Waals surface area contributed by atoms with Gasteiger partial charge in [0.2, 0.25) is 10.0 Å². The van der Waals surface area contributed by atoms with E-state index in [1.807, 2.05) is 17.5 Å². The Hall–Kier alpha value is -2.49. The first-order valence-electron chi connectivity index (χ1n) is 7.20. The minimum atomic E-state index is -3.69. The van der Waals surface area contributed by atoms with E-state index >= 15 is 0 Å². The second-order valence-corrected chi connectivity index (χ2v) is 7.84. The van der Waals surface area contributed by atoms with Crippen LogP contribution in [0.25, 0.3) is 10.2 Å². The highest BCUT2D eigenvalue weighted by Gasteiger charge is 2.14. The van der Waals surface area contributed by atoms with Gasteiger partial charge in [-0.15, -0.1) is 11.3 Å². The third-order valence-electron chi connectivity index (χ3n) is 3.32. The highest BCUT2D eigenvalue weighted by atomic mass is 32.2. The largest absolute Gasteiger partial charge is 0.482 e. The Bertz CT molecular complexity index is 997. The Morgan fingerprint density at radius 2 is 2.00 bits per heavy atom. The van der Waals surface area contributed by atoms with E-state index in [9.17, 15) is 13.2 Å². The second-order valence-electron chi connectivity index (χ2n) is 5.13. The molecule has 1 aromatic carbocycles. The minimum Gasteiger partial charge on any atom is -0.482 e. The number of benzene rings is 1. The highest BCUT2D eigenvalue weighted by molar-refractivity contribution is 7.89. The predicted molar refractivity (Wildman–Crippen MR) is 93.2 cm³/mol. The number of carboxylic acids is 1. The number of nitrogens with zero attached hydrogens (tertiary/aromatic N) is 1. The van der Waals surface area contributed by atoms with Crippen LogP contribution in [0, 0.1) is 0 Å². The van der Waals surface area contributed by atoms with Crippen LogP contribution in [0.15, 0.2) is 52.9 Å². The first kappa shape index (κ1) is 17.3. The molecule has 0 saturated heterocycles. The van der Waals surface area contributed by atoms with Crippen molar-refractivity contribution in [2.45, 2.75) is 11.4 Å². The van der Waals surface area contributed by atoms with Gasteiger partial charge in [0.15, 0.2) is 6.61 Å². The quantitative estimate of drug-likeness (QED) is 0.653. The molecule has 2 N–H and O–H groups in total. The Morgan fingerprint density at radius 3 is 2.72 bits per heavy atom. The van der Waals surface area contributed by atoms with Crippen LogP contribution in [0.4, 0.5) is 0 Å². The van der Waals surface area contributed by atoms with Gasteiger partial charge in [-0.05, 0) is 47.3 Å². The van der Waals surface area contributed by atoms with Crippen LogP contribution in [0.2, 0.25) is 0 Å². The van der Waals surface area contributed by atoms with E-state index in [4.69, 9.17) is 9.84 Å². The van der Waals surface area contributed by atoms with Gasteiger partial charge in [0, 0.05) is 12.7 Å². The number of pyridine rings is 1. The molecule has 2 aromatic heterocycles. The van der Waals surface area contributed by atoms with Crippen molar-refractivity contribution >= 4 is 37.5 Å². The van der Waals surface area contributed by atoms with Crippen LogP contribution in [0.1, 0.15) is 5.56 Å². The summed E-state index contributed by atoms with van der Waals surface area (Å²) in [6.45, 7) is -0.358. The van der Waals surface area contributed by atoms with E-state index in [0.717, 1.165) is 15.8 Å². The molecule has 0 fully saturated rings. The topological polar surface area (TPSA) is 106 Å². The van der Waals surface area contributed by atoms with Crippen molar-refractivity contribution in [2.24, 2.45) is 0 Å². The molecule has 2 heterocycles. The van der Waals surface area contributed by atoms with Gasteiger partial charge >= 0.3 is 5.97 Å². The van der Waals surface area contributed by atoms with Gasteiger partial charge in [0.05, 0.1) is 15.1 Å². The zero-order valence-electron chi connectivity index (χ0n) is 12.9. The lowest BCUT2D eigenvalue weighted by Crippen LogP contribution is -2.23. The van der Waals surface area contributed by atoms with Gasteiger partial charge in [-0.3, -0.25) is 4.98 Å². The number of rotatable bonds is 7. The molecule has 0 saturated carbocycles. The van der Waals surface area contributed by atoms with Crippen LogP contribution >= 0.6 is 11.3 Å². The molecule has 0 atom stereocenters. The van der Waals surface area contributed by atoms with Crippen molar-refractivity contribution in [3.05, 3.63) is 53.5 Å². The van der Waals surface area contributed by atoms with E-state index in [2.05, 4.69) is 9.71 Å². The van der Waals surface area contributed by atoms with Crippen molar-refractivity contribution in [3.63, 3.8) is 0 Å². The van der Waals surface area contributed by atoms with Crippen LogP contribution in [-0.2, 0) is 21.4 Å². The molecule has 0 unspecified atom stereocenters. The molecule has 0 amide bonds.